The van der Waals surface area contributed by atoms with E-state index in [-0.39, 0.29) is 5.56 Å². The summed E-state index contributed by atoms with van der Waals surface area (Å²) in [5.74, 6) is 0.625. The zero-order valence-electron chi connectivity index (χ0n) is 11.3. The summed E-state index contributed by atoms with van der Waals surface area (Å²) < 4.78 is 1.83. The lowest BCUT2D eigenvalue weighted by Gasteiger charge is -2.27. The van der Waals surface area contributed by atoms with E-state index in [9.17, 15) is 4.79 Å². The van der Waals surface area contributed by atoms with Gasteiger partial charge in [0.1, 0.15) is 0 Å². The molecule has 0 unspecified atom stereocenters. The monoisotopic (exact) mass is 257 g/mol. The van der Waals surface area contributed by atoms with Gasteiger partial charge in [0.2, 0.25) is 0 Å². The molecular formula is C15H19N3O. The van der Waals surface area contributed by atoms with Crippen molar-refractivity contribution in [2.75, 3.05) is 18.0 Å². The fraction of sp³-hybridized carbons (Fsp3) is 0.467. The van der Waals surface area contributed by atoms with Gasteiger partial charge in [-0.25, -0.2) is 4.98 Å². The number of piperidine rings is 1. The molecule has 0 saturated carbocycles. The van der Waals surface area contributed by atoms with Crippen molar-refractivity contribution in [1.29, 1.82) is 0 Å². The van der Waals surface area contributed by atoms with Crippen molar-refractivity contribution in [2.45, 2.75) is 32.7 Å². The van der Waals surface area contributed by atoms with Crippen LogP contribution in [0.2, 0.25) is 0 Å². The van der Waals surface area contributed by atoms with Gasteiger partial charge in [-0.2, -0.15) is 0 Å². The van der Waals surface area contributed by atoms with Crippen LogP contribution >= 0.6 is 0 Å². The van der Waals surface area contributed by atoms with Gasteiger partial charge in [0.05, 0.1) is 11.0 Å². The summed E-state index contributed by atoms with van der Waals surface area (Å²) >= 11 is 0. The lowest BCUT2D eigenvalue weighted by atomic mass is 10.1. The third kappa shape index (κ3) is 2.11. The van der Waals surface area contributed by atoms with Crippen molar-refractivity contribution >= 4 is 16.9 Å². The molecule has 4 nitrogen and oxygen atoms in total. The zero-order valence-corrected chi connectivity index (χ0v) is 11.3. The minimum absolute atomic E-state index is 0.0445. The third-order valence-corrected chi connectivity index (χ3v) is 3.81. The van der Waals surface area contributed by atoms with Crippen molar-refractivity contribution in [1.82, 2.24) is 9.55 Å². The number of hydrogen-bond donors (Lipinski definition) is 0. The van der Waals surface area contributed by atoms with Gasteiger partial charge in [0.15, 0.2) is 5.82 Å². The number of benzene rings is 1. The van der Waals surface area contributed by atoms with E-state index in [4.69, 9.17) is 0 Å². The molecule has 1 aliphatic heterocycles. The average molecular weight is 257 g/mol. The second-order valence-corrected chi connectivity index (χ2v) is 5.02. The lowest BCUT2D eigenvalue weighted by Crippen LogP contribution is -2.37. The maximum absolute atomic E-state index is 12.6. The lowest BCUT2D eigenvalue weighted by molar-refractivity contribution is 0.569. The van der Waals surface area contributed by atoms with E-state index in [0.29, 0.717) is 12.4 Å². The molecule has 0 bridgehead atoms. The van der Waals surface area contributed by atoms with Crippen LogP contribution in [0.1, 0.15) is 26.2 Å². The minimum atomic E-state index is 0.0445. The normalized spacial score (nSPS) is 15.9. The summed E-state index contributed by atoms with van der Waals surface area (Å²) in [6, 6.07) is 7.87. The molecule has 3 rings (SSSR count). The quantitative estimate of drug-likeness (QED) is 0.829. The van der Waals surface area contributed by atoms with Gasteiger partial charge in [0, 0.05) is 19.6 Å². The van der Waals surface area contributed by atoms with Gasteiger partial charge in [-0.3, -0.25) is 4.79 Å². The predicted octanol–water partition coefficient (Wildman–Crippen LogP) is 2.41. The Labute approximate surface area is 112 Å². The maximum atomic E-state index is 12.6. The number of aromatic nitrogens is 2. The maximum Gasteiger partial charge on any atom is 0.293 e. The Hall–Kier alpha value is -1.84. The summed E-state index contributed by atoms with van der Waals surface area (Å²) in [5, 5.41) is 0. The van der Waals surface area contributed by atoms with E-state index < -0.39 is 0 Å². The smallest absolute Gasteiger partial charge is 0.293 e. The molecule has 0 N–H and O–H groups in total. The summed E-state index contributed by atoms with van der Waals surface area (Å²) in [7, 11) is 0. The second-order valence-electron chi connectivity index (χ2n) is 5.02. The molecule has 0 aliphatic carbocycles. The number of para-hydroxylation sites is 2. The molecule has 4 heteroatoms. The molecule has 1 saturated heterocycles. The third-order valence-electron chi connectivity index (χ3n) is 3.81. The highest BCUT2D eigenvalue weighted by molar-refractivity contribution is 5.76. The van der Waals surface area contributed by atoms with Crippen LogP contribution in [0.5, 0.6) is 0 Å². The Morgan fingerprint density at radius 3 is 2.63 bits per heavy atom. The van der Waals surface area contributed by atoms with Gasteiger partial charge < -0.3 is 9.47 Å². The van der Waals surface area contributed by atoms with Crippen LogP contribution in [0.25, 0.3) is 11.0 Å². The molecule has 19 heavy (non-hydrogen) atoms. The first-order chi connectivity index (χ1) is 9.31. The molecule has 0 atom stereocenters. The summed E-state index contributed by atoms with van der Waals surface area (Å²) in [6.45, 7) is 4.59. The van der Waals surface area contributed by atoms with Crippen molar-refractivity contribution in [2.24, 2.45) is 0 Å². The molecule has 0 amide bonds. The first-order valence-corrected chi connectivity index (χ1v) is 7.06. The van der Waals surface area contributed by atoms with Crippen molar-refractivity contribution in [3.8, 4) is 0 Å². The molecule has 1 aliphatic rings. The highest BCUT2D eigenvalue weighted by atomic mass is 16.1. The summed E-state index contributed by atoms with van der Waals surface area (Å²) in [4.78, 5) is 19.3. The Balaban J connectivity index is 2.19. The Morgan fingerprint density at radius 2 is 1.89 bits per heavy atom. The van der Waals surface area contributed by atoms with Gasteiger partial charge >= 0.3 is 0 Å². The Morgan fingerprint density at radius 1 is 1.16 bits per heavy atom. The van der Waals surface area contributed by atoms with Gasteiger partial charge in [-0.15, -0.1) is 0 Å². The molecule has 2 heterocycles. The number of anilines is 1. The molecule has 2 aromatic rings. The zero-order chi connectivity index (χ0) is 13.2. The number of rotatable bonds is 2. The van der Waals surface area contributed by atoms with Crippen LogP contribution in [0.15, 0.2) is 29.1 Å². The van der Waals surface area contributed by atoms with E-state index in [0.717, 1.165) is 37.0 Å². The summed E-state index contributed by atoms with van der Waals surface area (Å²) in [6.07, 6.45) is 3.56. The van der Waals surface area contributed by atoms with E-state index in [1.807, 2.05) is 35.8 Å². The van der Waals surface area contributed by atoms with Crippen LogP contribution in [0, 0.1) is 0 Å². The van der Waals surface area contributed by atoms with Gasteiger partial charge in [-0.1, -0.05) is 12.1 Å². The van der Waals surface area contributed by atoms with Crippen molar-refractivity contribution in [3.63, 3.8) is 0 Å². The van der Waals surface area contributed by atoms with E-state index in [1.54, 1.807) is 0 Å². The standard InChI is InChI=1S/C15H19N3O/c1-2-18-13-9-5-4-8-12(13)16-14(15(18)19)17-10-6-3-7-11-17/h4-5,8-9H,2-3,6-7,10-11H2,1H3. The largest absolute Gasteiger partial charge is 0.352 e. The van der Waals surface area contributed by atoms with Crippen LogP contribution in [-0.2, 0) is 6.54 Å². The second kappa shape index (κ2) is 5.03. The number of aryl methyl sites for hydroxylation is 1. The van der Waals surface area contributed by atoms with Gasteiger partial charge in [0.25, 0.3) is 5.56 Å². The predicted molar refractivity (Wildman–Crippen MR) is 77.7 cm³/mol. The molecule has 0 radical (unpaired) electrons. The van der Waals surface area contributed by atoms with Crippen molar-refractivity contribution in [3.05, 3.63) is 34.6 Å². The SMILES string of the molecule is CCn1c(=O)c(N2CCCCC2)nc2ccccc21. The van der Waals surface area contributed by atoms with E-state index in [1.165, 1.54) is 6.42 Å². The van der Waals surface area contributed by atoms with Crippen LogP contribution in [0.3, 0.4) is 0 Å². The first-order valence-electron chi connectivity index (χ1n) is 7.06. The highest BCUT2D eigenvalue weighted by Crippen LogP contribution is 2.18. The number of nitrogens with zero attached hydrogens (tertiary/aromatic N) is 3. The van der Waals surface area contributed by atoms with Crippen LogP contribution in [0.4, 0.5) is 5.82 Å². The van der Waals surface area contributed by atoms with E-state index in [2.05, 4.69) is 9.88 Å². The number of fused-ring (bicyclic) bond motifs is 1. The fourth-order valence-corrected chi connectivity index (χ4v) is 2.80. The van der Waals surface area contributed by atoms with Crippen molar-refractivity contribution < 1.29 is 0 Å². The molecular weight excluding hydrogens is 238 g/mol. The first kappa shape index (κ1) is 12.2. The molecule has 1 aromatic heterocycles. The van der Waals surface area contributed by atoms with Crippen LogP contribution in [-0.4, -0.2) is 22.6 Å². The van der Waals surface area contributed by atoms with E-state index >= 15 is 0 Å². The molecule has 1 aromatic carbocycles. The fourth-order valence-electron chi connectivity index (χ4n) is 2.80. The molecule has 1 fully saturated rings. The highest BCUT2D eigenvalue weighted by Gasteiger charge is 2.18. The Kier molecular flexibility index (Phi) is 3.23. The van der Waals surface area contributed by atoms with Crippen LogP contribution < -0.4 is 10.5 Å². The molecule has 0 spiro atoms. The Bertz CT molecular complexity index is 641. The number of hydrogen-bond acceptors (Lipinski definition) is 3. The molecule has 100 valence electrons. The van der Waals surface area contributed by atoms with Gasteiger partial charge in [-0.05, 0) is 38.3 Å². The topological polar surface area (TPSA) is 38.1 Å². The average Bonchev–Trinajstić information content (AvgIpc) is 2.47. The summed E-state index contributed by atoms with van der Waals surface area (Å²) in [5.41, 5.74) is 1.88. The minimum Gasteiger partial charge on any atom is -0.352 e.